The molecule has 2 nitrogen and oxygen atoms in total. The van der Waals surface area contributed by atoms with Crippen LogP contribution in [0, 0.1) is 0 Å². The molecular weight excluding hydrogens is 152 g/mol. The Labute approximate surface area is 87.2 Å². The van der Waals surface area contributed by atoms with E-state index in [-0.39, 0.29) is 11.5 Å². The van der Waals surface area contributed by atoms with Crippen molar-refractivity contribution in [3.63, 3.8) is 0 Å². The maximum absolute atomic E-state index is 7.31. The van der Waals surface area contributed by atoms with Gasteiger partial charge in [-0.25, -0.2) is 0 Å². The molecule has 12 heavy (non-hydrogen) atoms. The van der Waals surface area contributed by atoms with Crippen LogP contribution in [0.4, 0.5) is 0 Å². The number of hydrogen-bond donors (Lipinski definition) is 0. The first kappa shape index (κ1) is 2.41. The molecule has 1 aromatic carbocycles. The second-order valence-corrected chi connectivity index (χ2v) is 1.88. The molecule has 1 aromatic rings. The van der Waals surface area contributed by atoms with E-state index in [0.29, 0.717) is 0 Å². The average molecular weight is 176 g/mol. The second kappa shape index (κ2) is 4.65. The van der Waals surface area contributed by atoms with Gasteiger partial charge in [0.2, 0.25) is 0 Å². The van der Waals surface area contributed by atoms with Gasteiger partial charge in [0.25, 0.3) is 0 Å². The number of rotatable bonds is 4. The van der Waals surface area contributed by atoms with Crippen LogP contribution < -0.4 is 9.47 Å². The minimum absolute atomic E-state index is 0.122. The average Bonchev–Trinajstić information content (AvgIpc) is 2.28. The molecule has 0 bridgehead atoms. The lowest BCUT2D eigenvalue weighted by Gasteiger charge is -2.04. The van der Waals surface area contributed by atoms with Gasteiger partial charge in [-0.3, -0.25) is 0 Å². The summed E-state index contributed by atoms with van der Waals surface area (Å²) in [6.45, 7) is -11.8. The van der Waals surface area contributed by atoms with Gasteiger partial charge in [0.15, 0.2) is 0 Å². The van der Waals surface area contributed by atoms with Crippen LogP contribution in [0.15, 0.2) is 24.3 Å². The molecule has 0 aliphatic rings. The van der Waals surface area contributed by atoms with Crippen LogP contribution in [0.1, 0.15) is 27.4 Å². The zero-order valence-corrected chi connectivity index (χ0v) is 6.13. The summed E-state index contributed by atoms with van der Waals surface area (Å²) in [5.74, 6) is -0.245. The Balaban J connectivity index is 2.85. The minimum Gasteiger partial charge on any atom is -0.494 e. The Morgan fingerprint density at radius 3 is 1.83 bits per heavy atom. The van der Waals surface area contributed by atoms with E-state index in [2.05, 4.69) is 0 Å². The lowest BCUT2D eigenvalue weighted by Crippen LogP contribution is -1.93. The van der Waals surface area contributed by atoms with E-state index in [1.165, 1.54) is 0 Å². The van der Waals surface area contributed by atoms with Gasteiger partial charge < -0.3 is 9.47 Å². The Morgan fingerprint density at radius 2 is 1.50 bits per heavy atom. The van der Waals surface area contributed by atoms with Crippen LogP contribution >= 0.6 is 0 Å². The molecule has 0 unspecified atom stereocenters. The van der Waals surface area contributed by atoms with Crippen LogP contribution in [0.25, 0.3) is 0 Å². The molecule has 0 radical (unpaired) electrons. The van der Waals surface area contributed by atoms with Crippen molar-refractivity contribution in [3.8, 4) is 11.5 Å². The van der Waals surface area contributed by atoms with Crippen LogP contribution in [0.2, 0.25) is 0 Å². The topological polar surface area (TPSA) is 18.5 Å². The van der Waals surface area contributed by atoms with E-state index in [9.17, 15) is 0 Å². The number of benzene rings is 1. The highest BCUT2D eigenvalue weighted by Gasteiger charge is 1.92. The summed E-state index contributed by atoms with van der Waals surface area (Å²) < 4.78 is 80.8. The van der Waals surface area contributed by atoms with Gasteiger partial charge in [-0.05, 0) is 38.0 Å². The smallest absolute Gasteiger partial charge is 0.119 e. The van der Waals surface area contributed by atoms with Gasteiger partial charge in [0.1, 0.15) is 11.5 Å². The zero-order valence-electron chi connectivity index (χ0n) is 16.1. The lowest BCUT2D eigenvalue weighted by molar-refractivity contribution is 0.330. The molecular formula is C10H14O2. The van der Waals surface area contributed by atoms with Crippen LogP contribution in [-0.2, 0) is 0 Å². The highest BCUT2D eigenvalue weighted by Crippen LogP contribution is 2.17. The third-order valence-corrected chi connectivity index (χ3v) is 1.16. The second-order valence-electron chi connectivity index (χ2n) is 1.88. The van der Waals surface area contributed by atoms with Crippen molar-refractivity contribution >= 4 is 0 Å². The van der Waals surface area contributed by atoms with Gasteiger partial charge in [0.05, 0.1) is 18.6 Å². The maximum atomic E-state index is 7.31. The molecule has 0 aliphatic heterocycles. The fraction of sp³-hybridized carbons (Fsp3) is 0.400. The van der Waals surface area contributed by atoms with E-state index < -0.39 is 26.8 Å². The SMILES string of the molecule is [2H]C([2H])([2H])C([2H])([2H])Oc1ccc(OC([2H])([2H])C([2H])([2H])[2H])cc1. The summed E-state index contributed by atoms with van der Waals surface area (Å²) in [5.41, 5.74) is 0. The first-order valence-corrected chi connectivity index (χ1v) is 3.14. The molecule has 0 heterocycles. The Hall–Kier alpha value is -1.18. The van der Waals surface area contributed by atoms with Gasteiger partial charge in [-0.1, -0.05) is 0 Å². The molecule has 0 N–H and O–H groups in total. The van der Waals surface area contributed by atoms with E-state index in [1.54, 1.807) is 0 Å². The first-order chi connectivity index (χ1) is 9.66. The van der Waals surface area contributed by atoms with Crippen molar-refractivity contribution in [2.75, 3.05) is 13.1 Å². The predicted molar refractivity (Wildman–Crippen MR) is 48.8 cm³/mol. The Morgan fingerprint density at radius 1 is 1.08 bits per heavy atom. The van der Waals surface area contributed by atoms with Crippen LogP contribution in [0.5, 0.6) is 11.5 Å². The van der Waals surface area contributed by atoms with E-state index in [1.807, 2.05) is 0 Å². The molecule has 0 aliphatic carbocycles. The standard InChI is InChI=1S/C10H14O2/c1-3-11-9-5-7-10(8-6-9)12-4-2/h5-8H,3-4H2,1-2H3/i1D3,2D3,3D2,4D2. The molecule has 0 saturated carbocycles. The van der Waals surface area contributed by atoms with Crippen molar-refractivity contribution in [2.45, 2.75) is 13.7 Å². The molecule has 0 aromatic heterocycles. The fourth-order valence-corrected chi connectivity index (χ4v) is 0.694. The summed E-state index contributed by atoms with van der Waals surface area (Å²) in [7, 11) is 0. The van der Waals surface area contributed by atoms with Gasteiger partial charge in [0, 0.05) is 8.22 Å². The monoisotopic (exact) mass is 176 g/mol. The maximum Gasteiger partial charge on any atom is 0.119 e. The Kier molecular flexibility index (Phi) is 0.932. The first-order valence-electron chi connectivity index (χ1n) is 8.14. The van der Waals surface area contributed by atoms with E-state index in [4.69, 9.17) is 23.2 Å². The van der Waals surface area contributed by atoms with Gasteiger partial charge >= 0.3 is 0 Å². The van der Waals surface area contributed by atoms with Crippen LogP contribution in [0.3, 0.4) is 0 Å². The van der Waals surface area contributed by atoms with E-state index in [0.717, 1.165) is 24.3 Å². The van der Waals surface area contributed by atoms with Crippen LogP contribution in [-0.4, -0.2) is 13.1 Å². The predicted octanol–water partition coefficient (Wildman–Crippen LogP) is 2.48. The normalized spacial score (nSPS) is 26.3. The molecule has 0 saturated heterocycles. The van der Waals surface area contributed by atoms with Crippen molar-refractivity contribution in [1.82, 2.24) is 0 Å². The highest BCUT2D eigenvalue weighted by atomic mass is 16.5. The molecule has 0 atom stereocenters. The summed E-state index contributed by atoms with van der Waals surface area (Å²) in [6.07, 6.45) is 0. The summed E-state index contributed by atoms with van der Waals surface area (Å²) in [4.78, 5) is 0. The molecule has 0 fully saturated rings. The molecule has 0 amide bonds. The van der Waals surface area contributed by atoms with Crippen molar-refractivity contribution in [2.24, 2.45) is 0 Å². The lowest BCUT2D eigenvalue weighted by atomic mass is 10.3. The van der Waals surface area contributed by atoms with Crippen molar-refractivity contribution < 1.29 is 23.2 Å². The molecule has 0 spiro atoms. The molecule has 66 valence electrons. The Bertz CT molecular complexity index is 455. The van der Waals surface area contributed by atoms with Gasteiger partial charge in [-0.2, -0.15) is 0 Å². The highest BCUT2D eigenvalue weighted by molar-refractivity contribution is 5.31. The summed E-state index contributed by atoms with van der Waals surface area (Å²) in [5, 5.41) is 0. The third-order valence-electron chi connectivity index (χ3n) is 1.16. The van der Waals surface area contributed by atoms with Crippen molar-refractivity contribution in [1.29, 1.82) is 0 Å². The fourth-order valence-electron chi connectivity index (χ4n) is 0.694. The third kappa shape index (κ3) is 2.46. The minimum atomic E-state index is -2.99. The van der Waals surface area contributed by atoms with Crippen molar-refractivity contribution in [3.05, 3.63) is 24.3 Å². The molecule has 1 rings (SSSR count). The largest absolute Gasteiger partial charge is 0.494 e. The van der Waals surface area contributed by atoms with E-state index >= 15 is 0 Å². The zero-order chi connectivity index (χ0) is 17.4. The summed E-state index contributed by atoms with van der Waals surface area (Å²) >= 11 is 0. The quantitative estimate of drug-likeness (QED) is 0.701. The van der Waals surface area contributed by atoms with Gasteiger partial charge in [-0.15, -0.1) is 0 Å². The number of ether oxygens (including phenoxy) is 2. The summed E-state index contributed by atoms with van der Waals surface area (Å²) in [6, 6.07) is 4.59. The number of hydrogen-bond acceptors (Lipinski definition) is 2. The molecule has 2 heteroatoms.